The van der Waals surface area contributed by atoms with Gasteiger partial charge in [0, 0.05) is 32.2 Å². The number of likely N-dealkylation sites (tertiary alicyclic amines) is 1. The first-order valence-corrected chi connectivity index (χ1v) is 11.1. The molecule has 1 aliphatic rings. The van der Waals surface area contributed by atoms with Gasteiger partial charge in [0.05, 0.1) is 6.42 Å². The van der Waals surface area contributed by atoms with Crippen LogP contribution in [0.5, 0.6) is 0 Å². The summed E-state index contributed by atoms with van der Waals surface area (Å²) in [7, 11) is 3.36. The highest BCUT2D eigenvalue weighted by atomic mass is 35.5. The third-order valence-electron chi connectivity index (χ3n) is 5.71. The second-order valence-electron chi connectivity index (χ2n) is 8.58. The van der Waals surface area contributed by atoms with Crippen LogP contribution in [0.4, 0.5) is 4.79 Å². The number of carbonyl (C=O) groups is 3. The number of carboxylic acids is 1. The van der Waals surface area contributed by atoms with Crippen LogP contribution >= 0.6 is 11.6 Å². The first kappa shape index (κ1) is 26.2. The largest absolute Gasteiger partial charge is 0.480 e. The van der Waals surface area contributed by atoms with Crippen molar-refractivity contribution in [2.24, 2.45) is 0 Å². The van der Waals surface area contributed by atoms with Crippen LogP contribution < -0.4 is 5.32 Å². The molecule has 2 N–H and O–H groups in total. The normalized spacial score (nSPS) is 16.7. The molecule has 2 aromatic rings. The average Bonchev–Trinajstić information content (AvgIpc) is 2.72. The molecule has 1 unspecified atom stereocenters. The van der Waals surface area contributed by atoms with Gasteiger partial charge in [-0.2, -0.15) is 0 Å². The van der Waals surface area contributed by atoms with Gasteiger partial charge < -0.3 is 20.2 Å². The number of hydrogen-bond acceptors (Lipinski definition) is 3. The van der Waals surface area contributed by atoms with Gasteiger partial charge >= 0.3 is 12.0 Å². The predicted molar refractivity (Wildman–Crippen MR) is 129 cm³/mol. The van der Waals surface area contributed by atoms with E-state index in [2.05, 4.69) is 11.4 Å². The number of carbonyl (C=O) groups excluding carboxylic acids is 2. The Bertz CT molecular complexity index is 989. The molecule has 7 nitrogen and oxygen atoms in total. The van der Waals surface area contributed by atoms with Crippen LogP contribution in [0, 0.1) is 13.8 Å². The highest BCUT2D eigenvalue weighted by Gasteiger charge is 2.49. The Labute approximate surface area is 200 Å². The zero-order chi connectivity index (χ0) is 24.8. The lowest BCUT2D eigenvalue weighted by Crippen LogP contribution is -2.64. The fourth-order valence-electron chi connectivity index (χ4n) is 3.75. The summed E-state index contributed by atoms with van der Waals surface area (Å²) in [6.07, 6.45) is 0.798. The number of aliphatic carboxylic acids is 1. The van der Waals surface area contributed by atoms with Crippen molar-refractivity contribution in [2.45, 2.75) is 45.7 Å². The van der Waals surface area contributed by atoms with Crippen molar-refractivity contribution < 1.29 is 19.5 Å². The highest BCUT2D eigenvalue weighted by Crippen LogP contribution is 2.31. The van der Waals surface area contributed by atoms with Crippen LogP contribution in [0.3, 0.4) is 0 Å². The first-order valence-electron chi connectivity index (χ1n) is 10.7. The molecule has 1 aliphatic heterocycles. The minimum Gasteiger partial charge on any atom is -0.480 e. The topological polar surface area (TPSA) is 90.0 Å². The summed E-state index contributed by atoms with van der Waals surface area (Å²) < 4.78 is 0. The van der Waals surface area contributed by atoms with Gasteiger partial charge in [0.1, 0.15) is 5.54 Å². The quantitative estimate of drug-likeness (QED) is 0.686. The average molecular weight is 474 g/mol. The van der Waals surface area contributed by atoms with Gasteiger partial charge in [-0.25, -0.2) is 9.59 Å². The molecule has 1 saturated heterocycles. The molecule has 0 saturated carbocycles. The molecular weight excluding hydrogens is 442 g/mol. The number of hydrogen-bond donors (Lipinski definition) is 2. The molecule has 8 heteroatoms. The molecule has 0 bridgehead atoms. The monoisotopic (exact) mass is 473 g/mol. The van der Waals surface area contributed by atoms with Crippen molar-refractivity contribution in [3.05, 3.63) is 69.7 Å². The Balaban J connectivity index is 0.000000245. The molecule has 3 amide bonds. The van der Waals surface area contributed by atoms with E-state index in [1.807, 2.05) is 50.2 Å². The van der Waals surface area contributed by atoms with E-state index in [-0.39, 0.29) is 18.4 Å². The number of aryl methyl sites for hydroxylation is 2. The lowest BCUT2D eigenvalue weighted by Gasteiger charge is -2.47. The second kappa shape index (κ2) is 11.2. The molecule has 33 heavy (non-hydrogen) atoms. The SMILES string of the molecule is CNC(=O)N(C)Cc1ccc(Cl)cc1.Cc1cc(C)cc(CC(=O)N2CCC2(C)C(=O)O)c1. The molecule has 0 spiro atoms. The predicted octanol–water partition coefficient (Wildman–Crippen LogP) is 4.03. The highest BCUT2D eigenvalue weighted by molar-refractivity contribution is 6.30. The summed E-state index contributed by atoms with van der Waals surface area (Å²) in [5.41, 5.74) is 3.22. The van der Waals surface area contributed by atoms with Crippen LogP contribution in [0.15, 0.2) is 42.5 Å². The number of carboxylic acid groups (broad SMARTS) is 1. The third kappa shape index (κ3) is 6.96. The first-order chi connectivity index (χ1) is 15.5. The summed E-state index contributed by atoms with van der Waals surface area (Å²) in [6.45, 7) is 6.71. The van der Waals surface area contributed by atoms with Crippen molar-refractivity contribution in [3.63, 3.8) is 0 Å². The van der Waals surface area contributed by atoms with Crippen LogP contribution in [-0.2, 0) is 22.6 Å². The Morgan fingerprint density at radius 3 is 2.12 bits per heavy atom. The van der Waals surface area contributed by atoms with Crippen LogP contribution in [0.1, 0.15) is 35.6 Å². The molecule has 1 fully saturated rings. The Morgan fingerprint density at radius 1 is 1.09 bits per heavy atom. The van der Waals surface area contributed by atoms with E-state index in [0.29, 0.717) is 24.5 Å². The molecule has 3 rings (SSSR count). The van der Waals surface area contributed by atoms with Crippen molar-refractivity contribution in [1.82, 2.24) is 15.1 Å². The molecule has 0 aromatic heterocycles. The smallest absolute Gasteiger partial charge is 0.329 e. The number of nitrogens with one attached hydrogen (secondary N) is 1. The van der Waals surface area contributed by atoms with Gasteiger partial charge in [-0.3, -0.25) is 4.79 Å². The van der Waals surface area contributed by atoms with Gasteiger partial charge in [-0.1, -0.05) is 53.1 Å². The standard InChI is InChI=1S/C15H19NO3.C10H13ClN2O/c1-10-6-11(2)8-12(7-10)9-13(17)16-5-4-15(16,3)14(18)19;1-12-10(14)13(2)7-8-3-5-9(11)6-4-8/h6-8H,4-5,9H2,1-3H3,(H,18,19);3-6H,7H2,1-2H3,(H,12,14). The summed E-state index contributed by atoms with van der Waals surface area (Å²) in [6, 6.07) is 13.3. The van der Waals surface area contributed by atoms with Crippen LogP contribution in [-0.4, -0.2) is 59.0 Å². The number of amides is 3. The van der Waals surface area contributed by atoms with Gasteiger partial charge in [0.15, 0.2) is 0 Å². The van der Waals surface area contributed by atoms with E-state index in [1.165, 1.54) is 4.90 Å². The third-order valence-corrected chi connectivity index (χ3v) is 5.96. The number of benzene rings is 2. The maximum atomic E-state index is 12.2. The van der Waals surface area contributed by atoms with Gasteiger partial charge in [-0.05, 0) is 50.5 Å². The molecule has 2 aromatic carbocycles. The lowest BCUT2D eigenvalue weighted by molar-refractivity contribution is -0.168. The number of rotatable bonds is 5. The minimum atomic E-state index is -1.02. The van der Waals surface area contributed by atoms with E-state index in [4.69, 9.17) is 11.6 Å². The summed E-state index contributed by atoms with van der Waals surface area (Å²) in [4.78, 5) is 37.6. The van der Waals surface area contributed by atoms with Crippen molar-refractivity contribution in [2.75, 3.05) is 20.6 Å². The summed E-state index contributed by atoms with van der Waals surface area (Å²) >= 11 is 5.75. The number of urea groups is 1. The van der Waals surface area contributed by atoms with E-state index in [0.717, 1.165) is 22.3 Å². The summed E-state index contributed by atoms with van der Waals surface area (Å²) in [5.74, 6) is -1.03. The van der Waals surface area contributed by atoms with Crippen LogP contribution in [0.25, 0.3) is 0 Å². The van der Waals surface area contributed by atoms with Crippen LogP contribution in [0.2, 0.25) is 5.02 Å². The zero-order valence-electron chi connectivity index (χ0n) is 19.8. The van der Waals surface area contributed by atoms with Gasteiger partial charge in [0.25, 0.3) is 0 Å². The summed E-state index contributed by atoms with van der Waals surface area (Å²) in [5, 5.41) is 12.4. The second-order valence-corrected chi connectivity index (χ2v) is 9.02. The van der Waals surface area contributed by atoms with E-state index < -0.39 is 11.5 Å². The maximum absolute atomic E-state index is 12.2. The molecule has 1 atom stereocenters. The number of halogens is 1. The number of nitrogens with zero attached hydrogens (tertiary/aromatic N) is 2. The van der Waals surface area contributed by atoms with Gasteiger partial charge in [-0.15, -0.1) is 0 Å². The van der Waals surface area contributed by atoms with Crippen molar-refractivity contribution >= 4 is 29.5 Å². The molecule has 1 heterocycles. The van der Waals surface area contributed by atoms with Gasteiger partial charge in [0.2, 0.25) is 5.91 Å². The van der Waals surface area contributed by atoms with Crippen molar-refractivity contribution in [1.29, 1.82) is 0 Å². The molecular formula is C25H32ClN3O4. The Kier molecular flexibility index (Phi) is 8.88. The molecule has 0 radical (unpaired) electrons. The fraction of sp³-hybridized carbons (Fsp3) is 0.400. The molecule has 0 aliphatic carbocycles. The zero-order valence-corrected chi connectivity index (χ0v) is 20.6. The van der Waals surface area contributed by atoms with E-state index in [1.54, 1.807) is 25.9 Å². The minimum absolute atomic E-state index is 0.0973. The Morgan fingerprint density at radius 2 is 1.67 bits per heavy atom. The maximum Gasteiger partial charge on any atom is 0.329 e. The van der Waals surface area contributed by atoms with E-state index >= 15 is 0 Å². The molecule has 178 valence electrons. The van der Waals surface area contributed by atoms with E-state index in [9.17, 15) is 19.5 Å². The Hall–Kier alpha value is -3.06. The fourth-order valence-corrected chi connectivity index (χ4v) is 3.87. The lowest BCUT2D eigenvalue weighted by atomic mass is 9.86. The van der Waals surface area contributed by atoms with Crippen molar-refractivity contribution in [3.8, 4) is 0 Å².